The van der Waals surface area contributed by atoms with Gasteiger partial charge in [0.1, 0.15) is 0 Å². The van der Waals surface area contributed by atoms with E-state index in [1.165, 1.54) is 25.7 Å². The quantitative estimate of drug-likeness (QED) is 0.443. The lowest BCUT2D eigenvalue weighted by Gasteiger charge is -2.42. The average Bonchev–Trinajstić information content (AvgIpc) is 2.88. The molecule has 1 saturated carbocycles. The van der Waals surface area contributed by atoms with Crippen LogP contribution in [-0.4, -0.2) is 47.0 Å². The molecular weight excluding hydrogens is 424 g/mol. The molecule has 192 valence electrons. The van der Waals surface area contributed by atoms with Gasteiger partial charge in [-0.2, -0.15) is 5.06 Å². The van der Waals surface area contributed by atoms with Crippen molar-refractivity contribution < 1.29 is 14.7 Å². The Morgan fingerprint density at radius 1 is 1.15 bits per heavy atom. The van der Waals surface area contributed by atoms with Crippen LogP contribution in [0.15, 0.2) is 11.1 Å². The second-order valence-electron chi connectivity index (χ2n) is 13.2. The van der Waals surface area contributed by atoms with E-state index in [0.29, 0.717) is 36.0 Å². The molecule has 0 bridgehead atoms. The molecule has 0 radical (unpaired) electrons. The number of nitrogens with zero attached hydrogens (tertiary/aromatic N) is 1. The molecule has 0 aromatic carbocycles. The molecule has 5 aliphatic rings. The summed E-state index contributed by atoms with van der Waals surface area (Å²) in [5.74, 6) is 2.88. The number of piperidine rings is 1. The largest absolute Gasteiger partial charge is 0.369 e. The first-order valence-electron chi connectivity index (χ1n) is 14.2. The molecule has 5 nitrogen and oxygen atoms in total. The summed E-state index contributed by atoms with van der Waals surface area (Å²) in [6.07, 6.45) is 11.2. The first-order valence-corrected chi connectivity index (χ1v) is 14.2. The van der Waals surface area contributed by atoms with E-state index in [1.54, 1.807) is 16.2 Å². The van der Waals surface area contributed by atoms with Gasteiger partial charge in [0.25, 0.3) is 0 Å². The highest BCUT2D eigenvalue weighted by Crippen LogP contribution is 2.54. The van der Waals surface area contributed by atoms with Crippen LogP contribution in [0.4, 0.5) is 0 Å². The number of allylic oxidation sites excluding steroid dienone is 1. The molecule has 5 heteroatoms. The summed E-state index contributed by atoms with van der Waals surface area (Å²) in [5, 5.41) is 15.6. The number of hydrogen-bond donors (Lipinski definition) is 2. The normalized spacial score (nSPS) is 48.5. The minimum Gasteiger partial charge on any atom is -0.369 e. The van der Waals surface area contributed by atoms with Crippen molar-refractivity contribution in [2.45, 2.75) is 117 Å². The fourth-order valence-electron chi connectivity index (χ4n) is 8.80. The monoisotopic (exact) mass is 472 g/mol. The Morgan fingerprint density at radius 3 is 2.74 bits per heavy atom. The Kier molecular flexibility index (Phi) is 6.70. The van der Waals surface area contributed by atoms with Crippen LogP contribution in [0.2, 0.25) is 0 Å². The summed E-state index contributed by atoms with van der Waals surface area (Å²) in [6, 6.07) is 0.137. The molecule has 9 atom stereocenters. The fourth-order valence-corrected chi connectivity index (χ4v) is 8.80. The Morgan fingerprint density at radius 2 is 1.94 bits per heavy atom. The van der Waals surface area contributed by atoms with Crippen LogP contribution in [0.5, 0.6) is 0 Å². The van der Waals surface area contributed by atoms with Crippen molar-refractivity contribution >= 4 is 5.91 Å². The number of ether oxygens (including phenoxy) is 1. The van der Waals surface area contributed by atoms with E-state index in [4.69, 9.17) is 4.74 Å². The van der Waals surface area contributed by atoms with Gasteiger partial charge < -0.3 is 15.3 Å². The summed E-state index contributed by atoms with van der Waals surface area (Å²) in [5.41, 5.74) is 3.34. The molecule has 9 unspecified atom stereocenters. The third-order valence-corrected chi connectivity index (χ3v) is 11.2. The highest BCUT2D eigenvalue weighted by Gasteiger charge is 2.57. The molecule has 2 N–H and O–H groups in total. The molecule has 4 fully saturated rings. The van der Waals surface area contributed by atoms with Crippen LogP contribution in [0, 0.1) is 35.0 Å². The lowest BCUT2D eigenvalue weighted by Crippen LogP contribution is -2.50. The van der Waals surface area contributed by atoms with Crippen molar-refractivity contribution in [1.82, 2.24) is 10.4 Å². The lowest BCUT2D eigenvalue weighted by atomic mass is 9.63. The lowest BCUT2D eigenvalue weighted by molar-refractivity contribution is -0.178. The maximum absolute atomic E-state index is 12.2. The number of hydrogen-bond acceptors (Lipinski definition) is 4. The van der Waals surface area contributed by atoms with E-state index in [9.17, 15) is 10.0 Å². The Bertz CT molecular complexity index is 826. The number of carbonyl (C=O) groups is 1. The number of fused-ring (bicyclic) bond motifs is 3. The van der Waals surface area contributed by atoms with Gasteiger partial charge in [-0.3, -0.25) is 4.79 Å². The minimum absolute atomic E-state index is 0.136. The Labute approximate surface area is 207 Å². The van der Waals surface area contributed by atoms with E-state index >= 15 is 0 Å². The van der Waals surface area contributed by atoms with Crippen molar-refractivity contribution in [2.24, 2.45) is 35.0 Å². The van der Waals surface area contributed by atoms with Gasteiger partial charge in [0, 0.05) is 25.4 Å². The van der Waals surface area contributed by atoms with Gasteiger partial charge in [-0.25, -0.2) is 0 Å². The first kappa shape index (κ1) is 24.8. The van der Waals surface area contributed by atoms with E-state index in [0.717, 1.165) is 45.2 Å². The van der Waals surface area contributed by atoms with Crippen molar-refractivity contribution in [1.29, 1.82) is 0 Å². The maximum atomic E-state index is 12.2. The molecule has 1 amide bonds. The smallest absolute Gasteiger partial charge is 0.220 e. The number of hydroxylamine groups is 2. The summed E-state index contributed by atoms with van der Waals surface area (Å²) < 4.78 is 6.97. The van der Waals surface area contributed by atoms with Gasteiger partial charge >= 0.3 is 0 Å². The summed E-state index contributed by atoms with van der Waals surface area (Å²) in [4.78, 5) is 12.2. The van der Waals surface area contributed by atoms with E-state index in [-0.39, 0.29) is 29.1 Å². The van der Waals surface area contributed by atoms with Crippen LogP contribution in [0.3, 0.4) is 0 Å². The summed E-state index contributed by atoms with van der Waals surface area (Å²) >= 11 is 0. The first-order chi connectivity index (χ1) is 16.1. The molecule has 34 heavy (non-hydrogen) atoms. The zero-order chi connectivity index (χ0) is 24.3. The standard InChI is InChI=1S/C29H48N2O3/c1-18-13-25-27(31(33)17-18)21(4)29(34-25)12-9-22-7-6-8-23-16-30-26(32)10-11-28(23,5)20(3)14-24(22)19(2)15-29/h18,20-23,25,27,33H,6-17H2,1-5H3,(H,30,32). The van der Waals surface area contributed by atoms with Crippen LogP contribution in [0.25, 0.3) is 0 Å². The highest BCUT2D eigenvalue weighted by atomic mass is 16.5. The molecular formula is C29H48N2O3. The minimum atomic E-state index is -0.136. The highest BCUT2D eigenvalue weighted by molar-refractivity contribution is 5.76. The van der Waals surface area contributed by atoms with Gasteiger partial charge in [0.15, 0.2) is 0 Å². The van der Waals surface area contributed by atoms with Gasteiger partial charge in [-0.1, -0.05) is 45.3 Å². The van der Waals surface area contributed by atoms with Crippen LogP contribution < -0.4 is 5.32 Å². The van der Waals surface area contributed by atoms with Crippen LogP contribution >= 0.6 is 0 Å². The van der Waals surface area contributed by atoms with Crippen molar-refractivity contribution in [3.8, 4) is 0 Å². The van der Waals surface area contributed by atoms with Crippen LogP contribution in [-0.2, 0) is 9.53 Å². The third-order valence-electron chi connectivity index (χ3n) is 11.2. The predicted octanol–water partition coefficient (Wildman–Crippen LogP) is 5.72. The topological polar surface area (TPSA) is 61.8 Å². The number of carbonyl (C=O) groups excluding carboxylic acids is 1. The molecule has 2 aliphatic carbocycles. The molecule has 3 aliphatic heterocycles. The second kappa shape index (κ2) is 9.19. The molecule has 1 spiro atoms. The number of nitrogens with one attached hydrogen (secondary N) is 1. The van der Waals surface area contributed by atoms with Gasteiger partial charge in [-0.05, 0) is 87.4 Å². The number of rotatable bonds is 0. The molecule has 0 aromatic rings. The van der Waals surface area contributed by atoms with Gasteiger partial charge in [0.2, 0.25) is 5.91 Å². The zero-order valence-electron chi connectivity index (χ0n) is 22.2. The molecule has 3 heterocycles. The van der Waals surface area contributed by atoms with E-state index in [2.05, 4.69) is 39.9 Å². The van der Waals surface area contributed by atoms with Crippen molar-refractivity contribution in [3.05, 3.63) is 11.1 Å². The summed E-state index contributed by atoms with van der Waals surface area (Å²) in [6.45, 7) is 13.5. The Balaban J connectivity index is 1.43. The predicted molar refractivity (Wildman–Crippen MR) is 134 cm³/mol. The second-order valence-corrected chi connectivity index (χ2v) is 13.2. The van der Waals surface area contributed by atoms with Gasteiger partial charge in [-0.15, -0.1) is 0 Å². The molecule has 3 saturated heterocycles. The summed E-state index contributed by atoms with van der Waals surface area (Å²) in [7, 11) is 0. The fraction of sp³-hybridized carbons (Fsp3) is 0.897. The maximum Gasteiger partial charge on any atom is 0.220 e. The molecule has 5 rings (SSSR count). The third kappa shape index (κ3) is 4.18. The van der Waals surface area contributed by atoms with E-state index in [1.807, 2.05) is 0 Å². The van der Waals surface area contributed by atoms with Crippen LogP contribution in [0.1, 0.15) is 98.8 Å². The van der Waals surface area contributed by atoms with Crippen molar-refractivity contribution in [3.63, 3.8) is 0 Å². The number of amides is 1. The zero-order valence-corrected chi connectivity index (χ0v) is 22.2. The van der Waals surface area contributed by atoms with E-state index < -0.39 is 0 Å². The Hall–Kier alpha value is -0.910. The molecule has 0 aromatic heterocycles. The van der Waals surface area contributed by atoms with Crippen molar-refractivity contribution in [2.75, 3.05) is 13.1 Å². The van der Waals surface area contributed by atoms with Gasteiger partial charge in [0.05, 0.1) is 17.7 Å². The average molecular weight is 473 g/mol. The SMILES string of the molecule is CC1=C2CC(C)C3(C)CCC(=O)NCC3CCCC2CCC2(C1)OC1CC(C)CN(O)C1C2C.